The summed E-state index contributed by atoms with van der Waals surface area (Å²) in [6.45, 7) is 3.56. The lowest BCUT2D eigenvalue weighted by atomic mass is 10.1. The van der Waals surface area contributed by atoms with Gasteiger partial charge in [0.1, 0.15) is 5.82 Å². The molecular weight excluding hydrogens is 368 g/mol. The predicted octanol–water partition coefficient (Wildman–Crippen LogP) is 4.23. The van der Waals surface area contributed by atoms with Gasteiger partial charge in [-0.1, -0.05) is 18.2 Å². The number of hydrogen-bond acceptors (Lipinski definition) is 1. The molecule has 0 radical (unpaired) electrons. The first-order valence-electron chi connectivity index (χ1n) is 6.30. The Labute approximate surface area is 131 Å². The monoisotopic (exact) mass is 383 g/mol. The van der Waals surface area contributed by atoms with Gasteiger partial charge in [0.15, 0.2) is 0 Å². The van der Waals surface area contributed by atoms with Gasteiger partial charge in [-0.2, -0.15) is 0 Å². The number of carbonyl (C=O) groups excluding carboxylic acids is 1. The van der Waals surface area contributed by atoms with Crippen molar-refractivity contribution in [3.8, 4) is 0 Å². The lowest BCUT2D eigenvalue weighted by molar-refractivity contribution is 0.0939. The summed E-state index contributed by atoms with van der Waals surface area (Å²) >= 11 is 2.16. The quantitative estimate of drug-likeness (QED) is 0.790. The standard InChI is InChI=1S/C16H15FINO/c1-10-6-7-12(9-15(10)17)11(2)19-16(20)13-4-3-5-14(18)8-13/h3-9,11H,1-2H3,(H,19,20). The molecule has 0 fully saturated rings. The lowest BCUT2D eigenvalue weighted by Gasteiger charge is -2.15. The van der Waals surface area contributed by atoms with Crippen LogP contribution in [0.3, 0.4) is 0 Å². The molecule has 4 heteroatoms. The summed E-state index contributed by atoms with van der Waals surface area (Å²) < 4.78 is 14.5. The Morgan fingerprint density at radius 1 is 1.25 bits per heavy atom. The van der Waals surface area contributed by atoms with Gasteiger partial charge in [-0.3, -0.25) is 4.79 Å². The van der Waals surface area contributed by atoms with Crippen molar-refractivity contribution in [2.45, 2.75) is 19.9 Å². The Hall–Kier alpha value is -1.43. The minimum absolute atomic E-state index is 0.156. The van der Waals surface area contributed by atoms with E-state index in [1.165, 1.54) is 6.07 Å². The second kappa shape index (κ2) is 6.35. The van der Waals surface area contributed by atoms with E-state index >= 15 is 0 Å². The van der Waals surface area contributed by atoms with E-state index in [1.54, 1.807) is 19.1 Å². The molecule has 1 amide bonds. The molecule has 2 aromatic rings. The van der Waals surface area contributed by atoms with Crippen molar-refractivity contribution in [1.82, 2.24) is 5.32 Å². The minimum atomic E-state index is -0.252. The third-order valence-electron chi connectivity index (χ3n) is 3.13. The highest BCUT2D eigenvalue weighted by atomic mass is 127. The van der Waals surface area contributed by atoms with Crippen LogP contribution >= 0.6 is 22.6 Å². The topological polar surface area (TPSA) is 29.1 Å². The first kappa shape index (κ1) is 15.0. The van der Waals surface area contributed by atoms with Crippen molar-refractivity contribution in [1.29, 1.82) is 0 Å². The van der Waals surface area contributed by atoms with Crippen molar-refractivity contribution in [2.75, 3.05) is 0 Å². The van der Waals surface area contributed by atoms with Crippen LogP contribution in [0.1, 0.15) is 34.5 Å². The van der Waals surface area contributed by atoms with E-state index in [-0.39, 0.29) is 17.8 Å². The molecule has 0 spiro atoms. The number of nitrogens with one attached hydrogen (secondary N) is 1. The molecule has 2 nitrogen and oxygen atoms in total. The molecule has 0 aliphatic carbocycles. The molecule has 104 valence electrons. The maximum atomic E-state index is 13.5. The average Bonchev–Trinajstić information content (AvgIpc) is 2.41. The Morgan fingerprint density at radius 3 is 2.65 bits per heavy atom. The van der Waals surface area contributed by atoms with Crippen molar-refractivity contribution in [3.63, 3.8) is 0 Å². The maximum Gasteiger partial charge on any atom is 0.251 e. The van der Waals surface area contributed by atoms with Gasteiger partial charge >= 0.3 is 0 Å². The van der Waals surface area contributed by atoms with Gasteiger partial charge in [-0.25, -0.2) is 4.39 Å². The SMILES string of the molecule is Cc1ccc(C(C)NC(=O)c2cccc(I)c2)cc1F. The van der Waals surface area contributed by atoms with Crippen molar-refractivity contribution in [2.24, 2.45) is 0 Å². The zero-order valence-corrected chi connectivity index (χ0v) is 13.4. The number of halogens is 2. The van der Waals surface area contributed by atoms with Crippen molar-refractivity contribution >= 4 is 28.5 Å². The molecule has 1 atom stereocenters. The van der Waals surface area contributed by atoms with Gasteiger partial charge in [0.2, 0.25) is 0 Å². The molecular formula is C16H15FINO. The van der Waals surface area contributed by atoms with Crippen LogP contribution in [0.2, 0.25) is 0 Å². The second-order valence-electron chi connectivity index (χ2n) is 4.71. The predicted molar refractivity (Wildman–Crippen MR) is 86.2 cm³/mol. The number of hydrogen-bond donors (Lipinski definition) is 1. The summed E-state index contributed by atoms with van der Waals surface area (Å²) in [4.78, 5) is 12.1. The number of aryl methyl sites for hydroxylation is 1. The molecule has 0 saturated carbocycles. The fourth-order valence-corrected chi connectivity index (χ4v) is 2.41. The highest BCUT2D eigenvalue weighted by molar-refractivity contribution is 14.1. The van der Waals surface area contributed by atoms with Crippen molar-refractivity contribution in [3.05, 3.63) is 68.5 Å². The summed E-state index contributed by atoms with van der Waals surface area (Å²) in [7, 11) is 0. The third-order valence-corrected chi connectivity index (χ3v) is 3.80. The Kier molecular flexibility index (Phi) is 4.75. The van der Waals surface area contributed by atoms with Crippen LogP contribution in [-0.2, 0) is 0 Å². The van der Waals surface area contributed by atoms with E-state index in [4.69, 9.17) is 0 Å². The summed E-state index contributed by atoms with van der Waals surface area (Å²) in [5.74, 6) is -0.408. The molecule has 1 unspecified atom stereocenters. The zero-order chi connectivity index (χ0) is 14.7. The van der Waals surface area contributed by atoms with Gasteiger partial charge in [0.05, 0.1) is 6.04 Å². The molecule has 0 bridgehead atoms. The van der Waals surface area contributed by atoms with E-state index in [0.29, 0.717) is 11.1 Å². The fourth-order valence-electron chi connectivity index (χ4n) is 1.87. The molecule has 2 aromatic carbocycles. The molecule has 2 rings (SSSR count). The molecule has 1 N–H and O–H groups in total. The average molecular weight is 383 g/mol. The van der Waals surface area contributed by atoms with Crippen LogP contribution in [0, 0.1) is 16.3 Å². The molecule has 0 aliphatic heterocycles. The summed E-state index contributed by atoms with van der Waals surface area (Å²) in [5, 5.41) is 2.88. The van der Waals surface area contributed by atoms with Crippen LogP contribution in [-0.4, -0.2) is 5.91 Å². The highest BCUT2D eigenvalue weighted by Crippen LogP contribution is 2.17. The largest absolute Gasteiger partial charge is 0.346 e. The second-order valence-corrected chi connectivity index (χ2v) is 5.96. The van der Waals surface area contributed by atoms with E-state index in [2.05, 4.69) is 27.9 Å². The zero-order valence-electron chi connectivity index (χ0n) is 11.3. The van der Waals surface area contributed by atoms with Crippen molar-refractivity contribution < 1.29 is 9.18 Å². The fraction of sp³-hybridized carbons (Fsp3) is 0.188. The van der Waals surface area contributed by atoms with Crippen LogP contribution in [0.25, 0.3) is 0 Å². The van der Waals surface area contributed by atoms with E-state index < -0.39 is 0 Å². The highest BCUT2D eigenvalue weighted by Gasteiger charge is 2.12. The number of benzene rings is 2. The summed E-state index contributed by atoms with van der Waals surface area (Å²) in [6, 6.07) is 12.1. The molecule has 0 aliphatic rings. The van der Waals surface area contributed by atoms with Gasteiger partial charge in [-0.05, 0) is 71.8 Å². The Bertz CT molecular complexity index is 642. The first-order chi connectivity index (χ1) is 9.47. The smallest absolute Gasteiger partial charge is 0.251 e. The van der Waals surface area contributed by atoms with E-state index in [0.717, 1.165) is 9.13 Å². The van der Waals surface area contributed by atoms with Gasteiger partial charge in [-0.15, -0.1) is 0 Å². The maximum absolute atomic E-state index is 13.5. The number of rotatable bonds is 3. The molecule has 0 heterocycles. The van der Waals surface area contributed by atoms with Crippen LogP contribution in [0.4, 0.5) is 4.39 Å². The van der Waals surface area contributed by atoms with Crippen LogP contribution < -0.4 is 5.32 Å². The Balaban J connectivity index is 2.13. The summed E-state index contributed by atoms with van der Waals surface area (Å²) in [6.07, 6.45) is 0. The molecule has 20 heavy (non-hydrogen) atoms. The van der Waals surface area contributed by atoms with Crippen LogP contribution in [0.5, 0.6) is 0 Å². The number of amides is 1. The molecule has 0 aromatic heterocycles. The minimum Gasteiger partial charge on any atom is -0.346 e. The van der Waals surface area contributed by atoms with Gasteiger partial charge in [0.25, 0.3) is 5.91 Å². The van der Waals surface area contributed by atoms with Crippen LogP contribution in [0.15, 0.2) is 42.5 Å². The van der Waals surface area contributed by atoms with E-state index in [9.17, 15) is 9.18 Å². The van der Waals surface area contributed by atoms with E-state index in [1.807, 2.05) is 31.2 Å². The molecule has 0 saturated heterocycles. The van der Waals surface area contributed by atoms with Gasteiger partial charge in [0, 0.05) is 9.13 Å². The third kappa shape index (κ3) is 3.56. The number of carbonyl (C=O) groups is 1. The summed E-state index contributed by atoms with van der Waals surface area (Å²) in [5.41, 5.74) is 1.97. The Morgan fingerprint density at radius 2 is 2.00 bits per heavy atom. The first-order valence-corrected chi connectivity index (χ1v) is 7.37. The lowest BCUT2D eigenvalue weighted by Crippen LogP contribution is -2.26. The van der Waals surface area contributed by atoms with Gasteiger partial charge < -0.3 is 5.32 Å². The normalized spacial score (nSPS) is 12.0.